The first kappa shape index (κ1) is 18.6. The third-order valence-corrected chi connectivity index (χ3v) is 5.37. The summed E-state index contributed by atoms with van der Waals surface area (Å²) in [5.74, 6) is -0.456. The minimum Gasteiger partial charge on any atom is -0.273 e. The average molecular weight is 385 g/mol. The molecule has 1 aliphatic rings. The quantitative estimate of drug-likeness (QED) is 0.395. The SMILES string of the molecule is O=C(N/N=C\c1ccccc1[N+](=O)[O-])[C@@H]1CC1(c1ccccc1)c1ccccc1. The maximum atomic E-state index is 12.8. The Balaban J connectivity index is 1.55. The Morgan fingerprint density at radius 3 is 2.10 bits per heavy atom. The smallest absolute Gasteiger partial charge is 0.273 e. The van der Waals surface area contributed by atoms with E-state index in [-0.39, 0.29) is 22.9 Å². The van der Waals surface area contributed by atoms with E-state index in [2.05, 4.69) is 10.5 Å². The molecule has 0 aromatic heterocycles. The molecule has 6 nitrogen and oxygen atoms in total. The fourth-order valence-electron chi connectivity index (χ4n) is 3.86. The van der Waals surface area contributed by atoms with Crippen LogP contribution in [-0.4, -0.2) is 17.0 Å². The summed E-state index contributed by atoms with van der Waals surface area (Å²) in [6, 6.07) is 26.2. The molecule has 0 unspecified atom stereocenters. The van der Waals surface area contributed by atoms with Crippen molar-refractivity contribution in [3.8, 4) is 0 Å². The number of hydrogen-bond acceptors (Lipinski definition) is 4. The van der Waals surface area contributed by atoms with E-state index in [9.17, 15) is 14.9 Å². The number of amides is 1. The standard InChI is InChI=1S/C23H19N3O3/c27-22(25-24-16-17-9-7-8-14-21(17)26(28)29)20-15-23(20,18-10-3-1-4-11-18)19-12-5-2-6-13-19/h1-14,16,20H,15H2,(H,25,27)/b24-16-/t20-/m0/s1. The molecule has 3 aromatic rings. The van der Waals surface area contributed by atoms with Gasteiger partial charge < -0.3 is 0 Å². The van der Waals surface area contributed by atoms with Crippen molar-refractivity contribution in [2.75, 3.05) is 0 Å². The van der Waals surface area contributed by atoms with E-state index < -0.39 is 4.92 Å². The molecule has 1 N–H and O–H groups in total. The van der Waals surface area contributed by atoms with Crippen LogP contribution in [0.4, 0.5) is 5.69 Å². The molecule has 0 heterocycles. The van der Waals surface area contributed by atoms with Crippen LogP contribution in [-0.2, 0) is 10.2 Å². The Bertz CT molecular complexity index is 1030. The van der Waals surface area contributed by atoms with Crippen LogP contribution in [0, 0.1) is 16.0 Å². The van der Waals surface area contributed by atoms with Gasteiger partial charge in [-0.3, -0.25) is 14.9 Å². The van der Waals surface area contributed by atoms with Crippen molar-refractivity contribution in [1.82, 2.24) is 5.43 Å². The van der Waals surface area contributed by atoms with Crippen molar-refractivity contribution in [3.05, 3.63) is 112 Å². The predicted molar refractivity (Wildman–Crippen MR) is 111 cm³/mol. The summed E-state index contributed by atoms with van der Waals surface area (Å²) >= 11 is 0. The van der Waals surface area contributed by atoms with Gasteiger partial charge in [0.2, 0.25) is 5.91 Å². The Morgan fingerprint density at radius 1 is 0.966 bits per heavy atom. The van der Waals surface area contributed by atoms with Crippen molar-refractivity contribution in [2.24, 2.45) is 11.0 Å². The van der Waals surface area contributed by atoms with Gasteiger partial charge in [0.05, 0.1) is 22.6 Å². The number of nitrogens with one attached hydrogen (secondary N) is 1. The van der Waals surface area contributed by atoms with Gasteiger partial charge in [-0.15, -0.1) is 0 Å². The van der Waals surface area contributed by atoms with Crippen molar-refractivity contribution in [3.63, 3.8) is 0 Å². The Labute approximate surface area is 168 Å². The Kier molecular flexibility index (Phi) is 4.91. The number of benzene rings is 3. The van der Waals surface area contributed by atoms with E-state index in [1.807, 2.05) is 60.7 Å². The van der Waals surface area contributed by atoms with Crippen LogP contribution >= 0.6 is 0 Å². The molecule has 6 heteroatoms. The van der Waals surface area contributed by atoms with Crippen molar-refractivity contribution in [1.29, 1.82) is 0 Å². The summed E-state index contributed by atoms with van der Waals surface area (Å²) in [5, 5.41) is 15.1. The maximum absolute atomic E-state index is 12.8. The monoisotopic (exact) mass is 385 g/mol. The van der Waals surface area contributed by atoms with Gasteiger partial charge in [-0.25, -0.2) is 5.43 Å². The summed E-state index contributed by atoms with van der Waals surface area (Å²) in [4.78, 5) is 23.4. The highest BCUT2D eigenvalue weighted by molar-refractivity contribution is 5.89. The third kappa shape index (κ3) is 3.52. The van der Waals surface area contributed by atoms with E-state index in [4.69, 9.17) is 0 Å². The molecule has 29 heavy (non-hydrogen) atoms. The number of hydrogen-bond donors (Lipinski definition) is 1. The number of carbonyl (C=O) groups excluding carboxylic acids is 1. The lowest BCUT2D eigenvalue weighted by atomic mass is 9.85. The summed E-state index contributed by atoms with van der Waals surface area (Å²) in [5.41, 5.74) is 4.65. The van der Waals surface area contributed by atoms with Crippen molar-refractivity contribution >= 4 is 17.8 Å². The van der Waals surface area contributed by atoms with Gasteiger partial charge >= 0.3 is 0 Å². The summed E-state index contributed by atoms with van der Waals surface area (Å²) in [6.07, 6.45) is 2.00. The topological polar surface area (TPSA) is 84.6 Å². The largest absolute Gasteiger partial charge is 0.278 e. The Morgan fingerprint density at radius 2 is 1.52 bits per heavy atom. The molecule has 144 valence electrons. The molecule has 0 bridgehead atoms. The first-order valence-electron chi connectivity index (χ1n) is 9.30. The second kappa shape index (κ2) is 7.67. The van der Waals surface area contributed by atoms with Gasteiger partial charge in [-0.2, -0.15) is 5.10 Å². The average Bonchev–Trinajstić information content (AvgIpc) is 3.52. The van der Waals surface area contributed by atoms with Crippen LogP contribution in [0.3, 0.4) is 0 Å². The van der Waals surface area contributed by atoms with Gasteiger partial charge in [-0.1, -0.05) is 72.8 Å². The molecule has 1 amide bonds. The highest BCUT2D eigenvalue weighted by Gasteiger charge is 2.60. The molecule has 0 radical (unpaired) electrons. The molecule has 0 aliphatic heterocycles. The molecule has 1 saturated carbocycles. The predicted octanol–water partition coefficient (Wildman–Crippen LogP) is 4.05. The zero-order valence-electron chi connectivity index (χ0n) is 15.6. The molecule has 1 atom stereocenters. The highest BCUT2D eigenvalue weighted by atomic mass is 16.6. The number of nitro groups is 1. The third-order valence-electron chi connectivity index (χ3n) is 5.37. The Hall–Kier alpha value is -3.80. The second-order valence-corrected chi connectivity index (χ2v) is 7.01. The molecule has 0 saturated heterocycles. The zero-order valence-corrected chi connectivity index (χ0v) is 15.6. The maximum Gasteiger partial charge on any atom is 0.278 e. The lowest BCUT2D eigenvalue weighted by Crippen LogP contribution is -2.25. The summed E-state index contributed by atoms with van der Waals surface area (Å²) in [6.45, 7) is 0. The summed E-state index contributed by atoms with van der Waals surface area (Å²) < 4.78 is 0. The number of carbonyl (C=O) groups is 1. The van der Waals surface area contributed by atoms with Crippen molar-refractivity contribution in [2.45, 2.75) is 11.8 Å². The molecule has 3 aromatic carbocycles. The fourth-order valence-corrected chi connectivity index (χ4v) is 3.86. The zero-order chi connectivity index (χ0) is 20.3. The minimum atomic E-state index is -0.472. The van der Waals surface area contributed by atoms with E-state index >= 15 is 0 Å². The number of rotatable bonds is 6. The highest BCUT2D eigenvalue weighted by Crippen LogP contribution is 2.58. The fraction of sp³-hybridized carbons (Fsp3) is 0.130. The van der Waals surface area contributed by atoms with Gasteiger partial charge in [0, 0.05) is 11.5 Å². The molecule has 0 spiro atoms. The summed E-state index contributed by atoms with van der Waals surface area (Å²) in [7, 11) is 0. The first-order chi connectivity index (χ1) is 14.1. The van der Waals surface area contributed by atoms with Gasteiger partial charge in [-0.05, 0) is 23.6 Å². The normalized spacial score (nSPS) is 17.0. The number of nitrogens with zero attached hydrogens (tertiary/aromatic N) is 2. The van der Waals surface area contributed by atoms with E-state index in [0.717, 1.165) is 11.1 Å². The molecule has 1 fully saturated rings. The number of nitro benzene ring substituents is 1. The van der Waals surface area contributed by atoms with Crippen LogP contribution in [0.2, 0.25) is 0 Å². The second-order valence-electron chi connectivity index (χ2n) is 7.01. The number of para-hydroxylation sites is 1. The lowest BCUT2D eigenvalue weighted by molar-refractivity contribution is -0.385. The van der Waals surface area contributed by atoms with Gasteiger partial charge in [0.25, 0.3) is 5.69 Å². The van der Waals surface area contributed by atoms with Crippen LogP contribution < -0.4 is 5.43 Å². The van der Waals surface area contributed by atoms with Crippen LogP contribution in [0.1, 0.15) is 23.1 Å². The van der Waals surface area contributed by atoms with E-state index in [1.165, 1.54) is 12.3 Å². The first-order valence-corrected chi connectivity index (χ1v) is 9.30. The molecule has 4 rings (SSSR count). The minimum absolute atomic E-state index is 0.0557. The molecule has 1 aliphatic carbocycles. The van der Waals surface area contributed by atoms with E-state index in [1.54, 1.807) is 18.2 Å². The van der Waals surface area contributed by atoms with Crippen LogP contribution in [0.15, 0.2) is 90.0 Å². The number of hydrazone groups is 1. The van der Waals surface area contributed by atoms with Gasteiger partial charge in [0.1, 0.15) is 0 Å². The van der Waals surface area contributed by atoms with Crippen molar-refractivity contribution < 1.29 is 9.72 Å². The van der Waals surface area contributed by atoms with Gasteiger partial charge in [0.15, 0.2) is 0 Å². The molecular weight excluding hydrogens is 366 g/mol. The van der Waals surface area contributed by atoms with E-state index in [0.29, 0.717) is 12.0 Å². The van der Waals surface area contributed by atoms with Crippen LogP contribution in [0.25, 0.3) is 0 Å². The molecular formula is C23H19N3O3. The lowest BCUT2D eigenvalue weighted by Gasteiger charge is -2.18. The van der Waals surface area contributed by atoms with Crippen LogP contribution in [0.5, 0.6) is 0 Å².